The molecule has 0 aliphatic heterocycles. The average Bonchev–Trinajstić information content (AvgIpc) is 3.22. The Morgan fingerprint density at radius 2 is 1.76 bits per heavy atom. The number of carbonyl (C=O) groups is 1. The first-order valence-corrected chi connectivity index (χ1v) is 13.5. The predicted octanol–water partition coefficient (Wildman–Crippen LogP) is 6.31. The first kappa shape index (κ1) is 26.4. The number of carboxylic acids is 1. The Bertz CT molecular complexity index is 1580. The Hall–Kier alpha value is -3.69. The zero-order chi connectivity index (χ0) is 26.7. The van der Waals surface area contributed by atoms with Crippen LogP contribution in [-0.2, 0) is 27.7 Å². The molecule has 0 aliphatic rings. The topological polar surface area (TPSA) is 118 Å². The Morgan fingerprint density at radius 3 is 2.43 bits per heavy atom. The van der Waals surface area contributed by atoms with Crippen molar-refractivity contribution in [2.45, 2.75) is 38.0 Å². The molecule has 0 unspecified atom stereocenters. The highest BCUT2D eigenvalue weighted by Crippen LogP contribution is 2.41. The molecule has 0 saturated carbocycles. The fourth-order valence-corrected chi connectivity index (χ4v) is 5.77. The number of carboxylic acid groups (broad SMARTS) is 1. The number of H-pyrrole nitrogens is 1. The number of hydrogen-bond donors (Lipinski definition) is 3. The predicted molar refractivity (Wildman–Crippen MR) is 144 cm³/mol. The lowest BCUT2D eigenvalue weighted by Crippen LogP contribution is -2.14. The van der Waals surface area contributed by atoms with Crippen LogP contribution in [0.2, 0.25) is 5.02 Å². The van der Waals surface area contributed by atoms with E-state index in [1.807, 2.05) is 19.9 Å². The SMILES string of the molecule is CCCc1ccc(S(=O)(=O)Nc2c(Oc3ccc(CC(=O)O)cc3OC)ccc3[nH]c(C)cc23)c(Cl)c1. The summed E-state index contributed by atoms with van der Waals surface area (Å²) >= 11 is 6.38. The number of rotatable bonds is 10. The van der Waals surface area contributed by atoms with E-state index in [0.29, 0.717) is 22.4 Å². The summed E-state index contributed by atoms with van der Waals surface area (Å²) in [5, 5.41) is 9.83. The fourth-order valence-electron chi connectivity index (χ4n) is 4.11. The monoisotopic (exact) mass is 542 g/mol. The number of sulfonamides is 1. The van der Waals surface area contributed by atoms with E-state index in [1.165, 1.54) is 13.2 Å². The molecule has 37 heavy (non-hydrogen) atoms. The second kappa shape index (κ2) is 10.7. The van der Waals surface area contributed by atoms with E-state index in [0.717, 1.165) is 29.6 Å². The summed E-state index contributed by atoms with van der Waals surface area (Å²) < 4.78 is 41.2. The maximum Gasteiger partial charge on any atom is 0.307 e. The first-order chi connectivity index (χ1) is 17.6. The quantitative estimate of drug-likeness (QED) is 0.216. The van der Waals surface area contributed by atoms with Crippen LogP contribution in [-0.4, -0.2) is 31.6 Å². The van der Waals surface area contributed by atoms with Gasteiger partial charge in [-0.15, -0.1) is 0 Å². The summed E-state index contributed by atoms with van der Waals surface area (Å²) in [6, 6.07) is 15.0. The van der Waals surface area contributed by atoms with E-state index < -0.39 is 16.0 Å². The Balaban J connectivity index is 1.77. The number of nitrogens with one attached hydrogen (secondary N) is 2. The number of aromatic nitrogens is 1. The van der Waals surface area contributed by atoms with Crippen LogP contribution in [0, 0.1) is 6.92 Å². The van der Waals surface area contributed by atoms with Gasteiger partial charge in [-0.05, 0) is 66.9 Å². The number of halogens is 1. The molecule has 1 aromatic heterocycles. The summed E-state index contributed by atoms with van der Waals surface area (Å²) in [6.45, 7) is 3.90. The largest absolute Gasteiger partial charge is 0.493 e. The van der Waals surface area contributed by atoms with E-state index in [-0.39, 0.29) is 27.8 Å². The molecule has 10 heteroatoms. The van der Waals surface area contributed by atoms with Gasteiger partial charge in [-0.2, -0.15) is 0 Å². The van der Waals surface area contributed by atoms with Crippen LogP contribution in [0.25, 0.3) is 10.9 Å². The molecule has 0 radical (unpaired) electrons. The number of fused-ring (bicyclic) bond motifs is 1. The third kappa shape index (κ3) is 5.84. The van der Waals surface area contributed by atoms with Gasteiger partial charge >= 0.3 is 5.97 Å². The Labute approximate surface area is 220 Å². The van der Waals surface area contributed by atoms with Crippen molar-refractivity contribution in [3.05, 3.63) is 76.4 Å². The van der Waals surface area contributed by atoms with Crippen molar-refractivity contribution >= 4 is 44.2 Å². The Morgan fingerprint density at radius 1 is 1.03 bits per heavy atom. The van der Waals surface area contributed by atoms with Crippen LogP contribution < -0.4 is 14.2 Å². The van der Waals surface area contributed by atoms with Crippen molar-refractivity contribution < 1.29 is 27.8 Å². The zero-order valence-corrected chi connectivity index (χ0v) is 22.2. The highest BCUT2D eigenvalue weighted by molar-refractivity contribution is 7.92. The fraction of sp³-hybridized carbons (Fsp3) is 0.222. The highest BCUT2D eigenvalue weighted by Gasteiger charge is 2.23. The van der Waals surface area contributed by atoms with Crippen LogP contribution in [0.5, 0.6) is 17.2 Å². The maximum atomic E-state index is 13.5. The van der Waals surface area contributed by atoms with Gasteiger partial charge in [-0.25, -0.2) is 8.42 Å². The van der Waals surface area contributed by atoms with E-state index in [9.17, 15) is 13.2 Å². The summed E-state index contributed by atoms with van der Waals surface area (Å²) in [5.74, 6) is -0.127. The minimum absolute atomic E-state index is 0.0418. The molecule has 0 amide bonds. The molecule has 194 valence electrons. The molecular formula is C27H27ClN2O6S. The lowest BCUT2D eigenvalue weighted by molar-refractivity contribution is -0.136. The summed E-state index contributed by atoms with van der Waals surface area (Å²) in [7, 11) is -2.64. The maximum absolute atomic E-state index is 13.5. The van der Waals surface area contributed by atoms with Crippen molar-refractivity contribution in [2.24, 2.45) is 0 Å². The van der Waals surface area contributed by atoms with E-state index >= 15 is 0 Å². The molecule has 4 rings (SSSR count). The smallest absolute Gasteiger partial charge is 0.307 e. The third-order valence-electron chi connectivity index (χ3n) is 5.76. The van der Waals surface area contributed by atoms with Crippen LogP contribution in [0.3, 0.4) is 0 Å². The van der Waals surface area contributed by atoms with Crippen molar-refractivity contribution in [2.75, 3.05) is 11.8 Å². The molecule has 0 fully saturated rings. The molecule has 0 saturated heterocycles. The van der Waals surface area contributed by atoms with Gasteiger partial charge in [0.2, 0.25) is 0 Å². The van der Waals surface area contributed by atoms with Crippen LogP contribution in [0.4, 0.5) is 5.69 Å². The van der Waals surface area contributed by atoms with Crippen molar-refractivity contribution in [1.29, 1.82) is 0 Å². The third-order valence-corrected chi connectivity index (χ3v) is 7.60. The molecule has 4 aromatic rings. The molecule has 8 nitrogen and oxygen atoms in total. The molecule has 0 atom stereocenters. The number of ether oxygens (including phenoxy) is 2. The molecule has 0 aliphatic carbocycles. The van der Waals surface area contributed by atoms with Gasteiger partial charge in [-0.1, -0.05) is 37.1 Å². The highest BCUT2D eigenvalue weighted by atomic mass is 35.5. The molecule has 1 heterocycles. The van der Waals surface area contributed by atoms with Crippen LogP contribution >= 0.6 is 11.6 Å². The summed E-state index contributed by atoms with van der Waals surface area (Å²) in [5.41, 5.74) is 3.28. The Kier molecular flexibility index (Phi) is 7.65. The number of anilines is 1. The minimum atomic E-state index is -4.08. The normalized spacial score (nSPS) is 11.5. The summed E-state index contributed by atoms with van der Waals surface area (Å²) in [6.07, 6.45) is 1.53. The van der Waals surface area contributed by atoms with Crippen molar-refractivity contribution in [3.63, 3.8) is 0 Å². The minimum Gasteiger partial charge on any atom is -0.493 e. The van der Waals surface area contributed by atoms with Crippen LogP contribution in [0.1, 0.15) is 30.2 Å². The zero-order valence-electron chi connectivity index (χ0n) is 20.6. The van der Waals surface area contributed by atoms with Gasteiger partial charge in [0.1, 0.15) is 10.6 Å². The second-order valence-corrected chi connectivity index (χ2v) is 10.7. The number of aromatic amines is 1. The molecule has 3 N–H and O–H groups in total. The van der Waals surface area contributed by atoms with E-state index in [4.69, 9.17) is 26.2 Å². The van der Waals surface area contributed by atoms with E-state index in [2.05, 4.69) is 9.71 Å². The van der Waals surface area contributed by atoms with Gasteiger partial charge in [0, 0.05) is 16.6 Å². The van der Waals surface area contributed by atoms with Crippen molar-refractivity contribution in [3.8, 4) is 17.2 Å². The number of benzene rings is 3. The standard InChI is InChI=1S/C27H27ClN2O6S/c1-4-5-17-7-11-25(20(28)13-17)37(33,34)30-27-19-12-16(2)29-21(19)8-10-23(27)36-22-9-6-18(15-26(31)32)14-24(22)35-3/h6-14,29-30H,4-5,15H2,1-3H3,(H,31,32). The average molecular weight is 543 g/mol. The van der Waals surface area contributed by atoms with Gasteiger partial charge in [-0.3, -0.25) is 9.52 Å². The molecular weight excluding hydrogens is 516 g/mol. The lowest BCUT2D eigenvalue weighted by atomic mass is 10.1. The number of aryl methyl sites for hydroxylation is 2. The number of aliphatic carboxylic acids is 1. The lowest BCUT2D eigenvalue weighted by Gasteiger charge is -2.17. The van der Waals surface area contributed by atoms with Gasteiger partial charge in [0.25, 0.3) is 10.0 Å². The van der Waals surface area contributed by atoms with Crippen LogP contribution in [0.15, 0.2) is 59.5 Å². The molecule has 3 aromatic carbocycles. The summed E-state index contributed by atoms with van der Waals surface area (Å²) in [4.78, 5) is 14.2. The number of methoxy groups -OCH3 is 1. The van der Waals surface area contributed by atoms with Gasteiger partial charge in [0.05, 0.1) is 18.6 Å². The van der Waals surface area contributed by atoms with E-state index in [1.54, 1.807) is 42.5 Å². The molecule has 0 bridgehead atoms. The van der Waals surface area contributed by atoms with Gasteiger partial charge in [0.15, 0.2) is 17.2 Å². The van der Waals surface area contributed by atoms with Gasteiger partial charge < -0.3 is 19.6 Å². The number of hydrogen-bond acceptors (Lipinski definition) is 5. The molecule has 0 spiro atoms. The van der Waals surface area contributed by atoms with Crippen molar-refractivity contribution in [1.82, 2.24) is 4.98 Å². The second-order valence-electron chi connectivity index (χ2n) is 8.63. The first-order valence-electron chi connectivity index (χ1n) is 11.6.